The third-order valence-electron chi connectivity index (χ3n) is 5.08. The van der Waals surface area contributed by atoms with E-state index in [0.29, 0.717) is 38.8 Å². The van der Waals surface area contributed by atoms with Gasteiger partial charge in [-0.05, 0) is 72.6 Å². The molecule has 2 fully saturated rings. The molecule has 2 rings (SSSR count). The van der Waals surface area contributed by atoms with Gasteiger partial charge in [-0.3, -0.25) is 0 Å². The number of nitrogens with zero attached hydrogens (tertiary/aromatic N) is 1. The molecule has 7 heteroatoms. The molecule has 1 N–H and O–H groups in total. The lowest BCUT2D eigenvalue weighted by molar-refractivity contribution is 0.00761. The summed E-state index contributed by atoms with van der Waals surface area (Å²) >= 11 is -1.22. The quantitative estimate of drug-likeness (QED) is 0.749. The van der Waals surface area contributed by atoms with Gasteiger partial charge in [-0.1, -0.05) is 0 Å². The standard InChI is InChI=1S/C18H33FN2O3S/c1-16(2,3)24-15(22)21-9-7-18(8-10-21)12-13(19)11-14(18)20-25(23)17(4,5)6/h13-14,20H,7-12H2,1-6H3/t13-,14?,25-/m1/s1. The van der Waals surface area contributed by atoms with Gasteiger partial charge in [-0.2, -0.15) is 0 Å². The Labute approximate surface area is 154 Å². The SMILES string of the molecule is CC(C)(C)OC(=O)N1CCC2(CC1)C[C@H](F)CC2N[S@+]([O-])C(C)(C)C. The van der Waals surface area contributed by atoms with Crippen LogP contribution in [0, 0.1) is 5.41 Å². The van der Waals surface area contributed by atoms with Crippen LogP contribution in [0.15, 0.2) is 0 Å². The van der Waals surface area contributed by atoms with Gasteiger partial charge in [-0.15, -0.1) is 4.72 Å². The van der Waals surface area contributed by atoms with E-state index < -0.39 is 23.1 Å². The average Bonchev–Trinajstić information content (AvgIpc) is 2.72. The molecule has 1 heterocycles. The van der Waals surface area contributed by atoms with Gasteiger partial charge in [-0.25, -0.2) is 9.18 Å². The molecule has 146 valence electrons. The maximum Gasteiger partial charge on any atom is 0.410 e. The third kappa shape index (κ3) is 5.23. The lowest BCUT2D eigenvalue weighted by Gasteiger charge is -2.43. The van der Waals surface area contributed by atoms with Crippen LogP contribution < -0.4 is 4.72 Å². The van der Waals surface area contributed by atoms with Crippen molar-refractivity contribution in [2.24, 2.45) is 5.41 Å². The predicted octanol–water partition coefficient (Wildman–Crippen LogP) is 3.56. The highest BCUT2D eigenvalue weighted by molar-refractivity contribution is 7.90. The number of piperidine rings is 1. The van der Waals surface area contributed by atoms with E-state index >= 15 is 0 Å². The van der Waals surface area contributed by atoms with Crippen molar-refractivity contribution in [2.45, 2.75) is 89.8 Å². The van der Waals surface area contributed by atoms with Crippen molar-refractivity contribution >= 4 is 17.5 Å². The van der Waals surface area contributed by atoms with Crippen molar-refractivity contribution in [3.05, 3.63) is 0 Å². The predicted molar refractivity (Wildman–Crippen MR) is 98.4 cm³/mol. The van der Waals surface area contributed by atoms with Crippen molar-refractivity contribution in [1.29, 1.82) is 0 Å². The molecule has 1 aliphatic heterocycles. The molecule has 0 aromatic heterocycles. The van der Waals surface area contributed by atoms with Crippen LogP contribution in [-0.4, -0.2) is 51.2 Å². The van der Waals surface area contributed by atoms with E-state index in [2.05, 4.69) is 4.72 Å². The lowest BCUT2D eigenvalue weighted by Crippen LogP contribution is -2.54. The second-order valence-corrected chi connectivity index (χ2v) is 11.4. The summed E-state index contributed by atoms with van der Waals surface area (Å²) < 4.78 is 34.9. The first kappa shape index (κ1) is 20.8. The fourth-order valence-corrected chi connectivity index (χ4v) is 4.62. The average molecular weight is 377 g/mol. The highest BCUT2D eigenvalue weighted by atomic mass is 32.2. The van der Waals surface area contributed by atoms with E-state index in [9.17, 15) is 13.7 Å². The summed E-state index contributed by atoms with van der Waals surface area (Å²) in [6.07, 6.45) is 1.13. The van der Waals surface area contributed by atoms with Crippen molar-refractivity contribution in [3.8, 4) is 0 Å². The molecule has 0 aromatic rings. The van der Waals surface area contributed by atoms with Gasteiger partial charge in [0.1, 0.15) is 16.5 Å². The third-order valence-corrected chi connectivity index (χ3v) is 6.69. The first-order valence-corrected chi connectivity index (χ1v) is 10.3. The fourth-order valence-electron chi connectivity index (χ4n) is 3.67. The maximum absolute atomic E-state index is 14.2. The Balaban J connectivity index is 2.00. The van der Waals surface area contributed by atoms with Crippen molar-refractivity contribution in [2.75, 3.05) is 13.1 Å². The van der Waals surface area contributed by atoms with Crippen LogP contribution in [0.5, 0.6) is 0 Å². The molecular formula is C18H33FN2O3S. The molecule has 1 aliphatic carbocycles. The van der Waals surface area contributed by atoms with Gasteiger partial charge in [0, 0.05) is 24.5 Å². The summed E-state index contributed by atoms with van der Waals surface area (Å²) in [5.74, 6) is 0. The molecule has 2 aliphatic rings. The van der Waals surface area contributed by atoms with Crippen LogP contribution in [0.25, 0.3) is 0 Å². The molecule has 0 bridgehead atoms. The summed E-state index contributed by atoms with van der Waals surface area (Å²) in [6.45, 7) is 12.4. The van der Waals surface area contributed by atoms with E-state index in [1.165, 1.54) is 0 Å². The lowest BCUT2D eigenvalue weighted by atomic mass is 9.74. The van der Waals surface area contributed by atoms with Crippen LogP contribution in [0.1, 0.15) is 67.2 Å². The Morgan fingerprint density at radius 2 is 1.80 bits per heavy atom. The number of likely N-dealkylation sites (tertiary alicyclic amines) is 1. The van der Waals surface area contributed by atoms with E-state index in [4.69, 9.17) is 4.74 Å². The van der Waals surface area contributed by atoms with Crippen LogP contribution in [0.2, 0.25) is 0 Å². The molecule has 1 amide bonds. The second-order valence-electron chi connectivity index (χ2n) is 9.42. The number of ether oxygens (including phenoxy) is 1. The number of hydrogen-bond acceptors (Lipinski definition) is 4. The molecule has 3 atom stereocenters. The molecule has 1 spiro atoms. The number of carbonyl (C=O) groups excluding carboxylic acids is 1. The van der Waals surface area contributed by atoms with Crippen LogP contribution >= 0.6 is 0 Å². The van der Waals surface area contributed by atoms with E-state index in [1.54, 1.807) is 4.90 Å². The first-order valence-electron chi connectivity index (χ1n) is 9.12. The minimum absolute atomic E-state index is 0.108. The number of hydrogen-bond donors (Lipinski definition) is 1. The summed E-state index contributed by atoms with van der Waals surface area (Å²) in [7, 11) is 0. The molecular weight excluding hydrogens is 343 g/mol. The fraction of sp³-hybridized carbons (Fsp3) is 0.944. The minimum Gasteiger partial charge on any atom is -0.598 e. The highest BCUT2D eigenvalue weighted by Crippen LogP contribution is 2.48. The van der Waals surface area contributed by atoms with Gasteiger partial charge < -0.3 is 14.2 Å². The topological polar surface area (TPSA) is 64.6 Å². The Bertz CT molecular complexity index is 482. The number of carbonyl (C=O) groups is 1. The summed E-state index contributed by atoms with van der Waals surface area (Å²) in [5.41, 5.74) is -0.740. The Morgan fingerprint density at radius 1 is 1.24 bits per heavy atom. The Hall–Kier alpha value is -0.530. The van der Waals surface area contributed by atoms with Gasteiger partial charge >= 0.3 is 6.09 Å². The van der Waals surface area contributed by atoms with Gasteiger partial charge in [0.15, 0.2) is 0 Å². The molecule has 0 aromatic carbocycles. The van der Waals surface area contributed by atoms with Crippen LogP contribution in [0.4, 0.5) is 9.18 Å². The zero-order valence-corrected chi connectivity index (χ0v) is 17.2. The smallest absolute Gasteiger partial charge is 0.410 e. The zero-order valence-electron chi connectivity index (χ0n) is 16.4. The van der Waals surface area contributed by atoms with Crippen molar-refractivity contribution in [3.63, 3.8) is 0 Å². The van der Waals surface area contributed by atoms with E-state index in [1.807, 2.05) is 41.5 Å². The monoisotopic (exact) mass is 376 g/mol. The number of nitrogens with one attached hydrogen (secondary N) is 1. The summed E-state index contributed by atoms with van der Waals surface area (Å²) in [4.78, 5) is 13.9. The van der Waals surface area contributed by atoms with Gasteiger partial charge in [0.2, 0.25) is 0 Å². The van der Waals surface area contributed by atoms with E-state index in [-0.39, 0.29) is 22.3 Å². The summed E-state index contributed by atoms with van der Waals surface area (Å²) in [6, 6.07) is -0.108. The Kier molecular flexibility index (Phi) is 6.01. The van der Waals surface area contributed by atoms with Crippen LogP contribution in [0.3, 0.4) is 0 Å². The molecule has 1 saturated carbocycles. The van der Waals surface area contributed by atoms with Gasteiger partial charge in [0.05, 0.1) is 6.04 Å². The number of amides is 1. The highest BCUT2D eigenvalue weighted by Gasteiger charge is 2.52. The normalized spacial score (nSPS) is 28.2. The minimum atomic E-state index is -1.22. The molecule has 25 heavy (non-hydrogen) atoms. The molecule has 5 nitrogen and oxygen atoms in total. The molecule has 1 unspecified atom stereocenters. The Morgan fingerprint density at radius 3 is 2.28 bits per heavy atom. The van der Waals surface area contributed by atoms with Gasteiger partial charge in [0.25, 0.3) is 0 Å². The zero-order chi connectivity index (χ0) is 19.0. The maximum atomic E-state index is 14.2. The van der Waals surface area contributed by atoms with Crippen LogP contribution in [-0.2, 0) is 16.1 Å². The first-order chi connectivity index (χ1) is 11.3. The summed E-state index contributed by atoms with van der Waals surface area (Å²) in [5, 5.41) is 0. The number of rotatable bonds is 2. The number of alkyl halides is 1. The second kappa shape index (κ2) is 7.24. The van der Waals surface area contributed by atoms with E-state index in [0.717, 1.165) is 0 Å². The van der Waals surface area contributed by atoms with Crippen molar-refractivity contribution < 1.29 is 18.5 Å². The largest absolute Gasteiger partial charge is 0.598 e. The van der Waals surface area contributed by atoms with Crippen molar-refractivity contribution in [1.82, 2.24) is 9.62 Å². The molecule has 0 radical (unpaired) electrons. The molecule has 1 saturated heterocycles. The number of halogens is 1.